The van der Waals surface area contributed by atoms with Gasteiger partial charge in [0.25, 0.3) is 0 Å². The van der Waals surface area contributed by atoms with Gasteiger partial charge in [-0.05, 0) is 0 Å². The van der Waals surface area contributed by atoms with E-state index in [1.807, 2.05) is 0 Å². The summed E-state index contributed by atoms with van der Waals surface area (Å²) in [5.74, 6) is 0. The lowest BCUT2D eigenvalue weighted by atomic mass is 10.7. The first kappa shape index (κ1) is 8.14. The van der Waals surface area contributed by atoms with Gasteiger partial charge in [0, 0.05) is 0 Å². The number of hydrogen-bond acceptors (Lipinski definition) is 2. The summed E-state index contributed by atoms with van der Waals surface area (Å²) < 4.78 is 15.7. The molecule has 2 nitrogen and oxygen atoms in total. The lowest BCUT2D eigenvalue weighted by molar-refractivity contribution is 0.0558. The molecule has 0 heterocycles. The fourth-order valence-corrected chi connectivity index (χ4v) is 0.314. The van der Waals surface area contributed by atoms with Crippen molar-refractivity contribution in [2.45, 2.75) is 5.56 Å². The summed E-state index contributed by atoms with van der Waals surface area (Å²) in [5, 5.41) is 8.18. The van der Waals surface area contributed by atoms with Gasteiger partial charge in [-0.3, -0.25) is 0 Å². The highest BCUT2D eigenvalue weighted by atomic mass is 35.5. The molecule has 0 amide bonds. The van der Waals surface area contributed by atoms with Crippen molar-refractivity contribution in [1.82, 2.24) is 0 Å². The van der Waals surface area contributed by atoms with E-state index in [2.05, 4.69) is 4.74 Å². The Bertz CT molecular complexity index is 53.3. The fourth-order valence-electron chi connectivity index (χ4n) is 0.225. The van der Waals surface area contributed by atoms with E-state index in [4.69, 9.17) is 16.7 Å². The van der Waals surface area contributed by atoms with E-state index in [9.17, 15) is 4.39 Å². The van der Waals surface area contributed by atoms with E-state index in [0.29, 0.717) is 0 Å². The Morgan fingerprint density at radius 1 is 1.75 bits per heavy atom. The maximum absolute atomic E-state index is 11.2. The van der Waals surface area contributed by atoms with Crippen molar-refractivity contribution in [3.63, 3.8) is 0 Å². The van der Waals surface area contributed by atoms with Crippen molar-refractivity contribution >= 4 is 11.6 Å². The molecular weight excluding hydrogens is 134 g/mol. The monoisotopic (exact) mass is 142 g/mol. The second-order valence-electron chi connectivity index (χ2n) is 1.15. The van der Waals surface area contributed by atoms with Crippen LogP contribution >= 0.6 is 11.6 Å². The Hall–Kier alpha value is 0.140. The van der Waals surface area contributed by atoms with Crippen molar-refractivity contribution in [1.29, 1.82) is 0 Å². The predicted molar refractivity (Wildman–Crippen MR) is 28.7 cm³/mol. The number of rotatable bonds is 4. The zero-order chi connectivity index (χ0) is 6.41. The molecule has 8 heavy (non-hydrogen) atoms. The summed E-state index contributed by atoms with van der Waals surface area (Å²) in [6.07, 6.45) is 0. The minimum Gasteiger partial charge on any atom is -0.392 e. The molecule has 0 aromatic rings. The molecule has 0 aliphatic carbocycles. The molecule has 0 aliphatic heterocycles. The van der Waals surface area contributed by atoms with Crippen LogP contribution in [-0.2, 0) is 4.74 Å². The lowest BCUT2D eigenvalue weighted by Gasteiger charge is -2.03. The van der Waals surface area contributed by atoms with E-state index in [-0.39, 0.29) is 13.2 Å². The van der Waals surface area contributed by atoms with Crippen molar-refractivity contribution in [2.75, 3.05) is 19.9 Å². The first-order chi connectivity index (χ1) is 3.81. The second kappa shape index (κ2) is 5.28. The molecule has 0 saturated carbocycles. The van der Waals surface area contributed by atoms with Crippen LogP contribution in [0.5, 0.6) is 0 Å². The van der Waals surface area contributed by atoms with Gasteiger partial charge >= 0.3 is 0 Å². The Kier molecular flexibility index (Phi) is 5.37. The smallest absolute Gasteiger partial charge is 0.154 e. The predicted octanol–water partition coefficient (Wildman–Crippen LogP) is 0.530. The van der Waals surface area contributed by atoms with Crippen LogP contribution < -0.4 is 0 Å². The molecule has 1 unspecified atom stereocenters. The first-order valence-electron chi connectivity index (χ1n) is 2.23. The third-order valence-electron chi connectivity index (χ3n) is 0.519. The van der Waals surface area contributed by atoms with E-state index in [0.717, 1.165) is 0 Å². The van der Waals surface area contributed by atoms with E-state index < -0.39 is 12.2 Å². The molecule has 0 saturated heterocycles. The van der Waals surface area contributed by atoms with Crippen LogP contribution in [0.3, 0.4) is 0 Å². The Morgan fingerprint density at radius 3 is 2.75 bits per heavy atom. The van der Waals surface area contributed by atoms with Gasteiger partial charge in [-0.15, -0.1) is 0 Å². The van der Waals surface area contributed by atoms with Gasteiger partial charge in [-0.2, -0.15) is 0 Å². The van der Waals surface area contributed by atoms with Crippen LogP contribution in [0.4, 0.5) is 4.39 Å². The molecule has 0 bridgehead atoms. The van der Waals surface area contributed by atoms with Crippen molar-refractivity contribution in [2.24, 2.45) is 0 Å². The maximum Gasteiger partial charge on any atom is 0.154 e. The van der Waals surface area contributed by atoms with Gasteiger partial charge in [-0.1, -0.05) is 11.6 Å². The third-order valence-corrected chi connectivity index (χ3v) is 0.783. The highest BCUT2D eigenvalue weighted by Gasteiger charge is 1.98. The van der Waals surface area contributed by atoms with Gasteiger partial charge in [0.15, 0.2) is 5.56 Å². The summed E-state index contributed by atoms with van der Waals surface area (Å²) in [6.45, 7) is -0.889. The number of ether oxygens (including phenoxy) is 1. The van der Waals surface area contributed by atoms with E-state index in [1.54, 1.807) is 0 Å². The van der Waals surface area contributed by atoms with Gasteiger partial charge in [0.1, 0.15) is 6.67 Å². The van der Waals surface area contributed by atoms with Crippen LogP contribution in [-0.4, -0.2) is 30.6 Å². The summed E-state index contributed by atoms with van der Waals surface area (Å²) in [7, 11) is 0. The average Bonchev–Trinajstić information content (AvgIpc) is 1.83. The van der Waals surface area contributed by atoms with Crippen LogP contribution in [0, 0.1) is 0 Å². The molecule has 0 aliphatic rings. The second-order valence-corrected chi connectivity index (χ2v) is 1.64. The molecule has 4 heteroatoms. The summed E-state index contributed by atoms with van der Waals surface area (Å²) >= 11 is 5.21. The van der Waals surface area contributed by atoms with Gasteiger partial charge in [0.2, 0.25) is 0 Å². The minimum atomic E-state index is -0.759. The standard InChI is InChI=1S/C4H8ClFO2/c5-4(3-7)8-2-1-6/h4,7H,1-3H2. The first-order valence-corrected chi connectivity index (χ1v) is 2.67. The number of aliphatic hydroxyl groups is 1. The van der Waals surface area contributed by atoms with E-state index in [1.165, 1.54) is 0 Å². The molecule has 0 radical (unpaired) electrons. The number of halogens is 2. The van der Waals surface area contributed by atoms with Crippen molar-refractivity contribution < 1.29 is 14.2 Å². The Morgan fingerprint density at radius 2 is 2.38 bits per heavy atom. The molecular formula is C4H8ClFO2. The quantitative estimate of drug-likeness (QED) is 0.581. The molecule has 1 N–H and O–H groups in total. The highest BCUT2D eigenvalue weighted by molar-refractivity contribution is 6.19. The molecule has 1 atom stereocenters. The van der Waals surface area contributed by atoms with Crippen molar-refractivity contribution in [3.05, 3.63) is 0 Å². The SMILES string of the molecule is OCC(Cl)OCCF. The Labute approximate surface area is 52.2 Å². The Balaban J connectivity index is 2.86. The highest BCUT2D eigenvalue weighted by Crippen LogP contribution is 1.94. The zero-order valence-corrected chi connectivity index (χ0v) is 5.07. The van der Waals surface area contributed by atoms with E-state index >= 15 is 0 Å². The summed E-state index contributed by atoms with van der Waals surface area (Å²) in [6, 6.07) is 0. The van der Waals surface area contributed by atoms with Gasteiger partial charge in [0.05, 0.1) is 13.2 Å². The van der Waals surface area contributed by atoms with Crippen LogP contribution in [0.25, 0.3) is 0 Å². The van der Waals surface area contributed by atoms with Gasteiger partial charge < -0.3 is 9.84 Å². The lowest BCUT2D eigenvalue weighted by Crippen LogP contribution is -2.11. The summed E-state index contributed by atoms with van der Waals surface area (Å²) in [4.78, 5) is 0. The summed E-state index contributed by atoms with van der Waals surface area (Å²) in [5.41, 5.74) is -0.759. The largest absolute Gasteiger partial charge is 0.392 e. The number of alkyl halides is 2. The van der Waals surface area contributed by atoms with Crippen LogP contribution in [0.2, 0.25) is 0 Å². The molecule has 50 valence electrons. The van der Waals surface area contributed by atoms with Gasteiger partial charge in [-0.25, -0.2) is 4.39 Å². The van der Waals surface area contributed by atoms with Crippen LogP contribution in [0.15, 0.2) is 0 Å². The molecule has 0 spiro atoms. The minimum absolute atomic E-state index is 0.0469. The zero-order valence-electron chi connectivity index (χ0n) is 4.31. The third kappa shape index (κ3) is 4.30. The topological polar surface area (TPSA) is 29.5 Å². The van der Waals surface area contributed by atoms with Crippen molar-refractivity contribution in [3.8, 4) is 0 Å². The number of hydrogen-bond donors (Lipinski definition) is 1. The molecule has 0 rings (SSSR count). The molecule has 0 fully saturated rings. The molecule has 0 aromatic heterocycles. The van der Waals surface area contributed by atoms with Crippen LogP contribution in [0.1, 0.15) is 0 Å². The molecule has 0 aromatic carbocycles. The number of aliphatic hydroxyl groups excluding tert-OH is 1. The normalized spacial score (nSPS) is 13.9. The average molecular weight is 143 g/mol. The fraction of sp³-hybridized carbons (Fsp3) is 1.00. The maximum atomic E-state index is 11.2.